The van der Waals surface area contributed by atoms with E-state index in [2.05, 4.69) is 12.2 Å². The van der Waals surface area contributed by atoms with E-state index in [1.807, 2.05) is 42.2 Å². The van der Waals surface area contributed by atoms with Gasteiger partial charge >= 0.3 is 0 Å². The minimum Gasteiger partial charge on any atom is -0.494 e. The Morgan fingerprint density at radius 1 is 1.14 bits per heavy atom. The summed E-state index contributed by atoms with van der Waals surface area (Å²) in [5.74, 6) is 0.782. The lowest BCUT2D eigenvalue weighted by Gasteiger charge is -2.28. The first-order chi connectivity index (χ1) is 13.6. The van der Waals surface area contributed by atoms with E-state index in [1.54, 1.807) is 12.1 Å². The van der Waals surface area contributed by atoms with Gasteiger partial charge in [0.05, 0.1) is 6.61 Å². The maximum absolute atomic E-state index is 12.5. The number of rotatable bonds is 7. The molecule has 2 aromatic carbocycles. The van der Waals surface area contributed by atoms with Gasteiger partial charge in [-0.15, -0.1) is 0 Å². The molecular weight excluding hydrogens is 352 g/mol. The molecule has 28 heavy (non-hydrogen) atoms. The van der Waals surface area contributed by atoms with E-state index in [4.69, 9.17) is 4.74 Å². The lowest BCUT2D eigenvalue weighted by atomic mass is 10.1. The zero-order valence-corrected chi connectivity index (χ0v) is 16.7. The molecule has 0 saturated carbocycles. The summed E-state index contributed by atoms with van der Waals surface area (Å²) < 4.78 is 5.63. The van der Waals surface area contributed by atoms with Gasteiger partial charge in [0.15, 0.2) is 0 Å². The fraction of sp³-hybridized carbons (Fsp3) is 0.391. The Labute approximate surface area is 166 Å². The number of nitrogens with one attached hydrogen (secondary N) is 1. The first-order valence-corrected chi connectivity index (χ1v) is 10.0. The van der Waals surface area contributed by atoms with E-state index in [1.165, 1.54) is 0 Å². The van der Waals surface area contributed by atoms with Crippen LogP contribution in [0.2, 0.25) is 0 Å². The van der Waals surface area contributed by atoms with Crippen LogP contribution in [0.5, 0.6) is 5.75 Å². The summed E-state index contributed by atoms with van der Waals surface area (Å²) in [6.07, 6.45) is 4.70. The van der Waals surface area contributed by atoms with E-state index in [0.29, 0.717) is 18.6 Å². The maximum Gasteiger partial charge on any atom is 0.255 e. The summed E-state index contributed by atoms with van der Waals surface area (Å²) >= 11 is 0. The number of ether oxygens (including phenoxy) is 1. The highest BCUT2D eigenvalue weighted by Crippen LogP contribution is 2.27. The highest BCUT2D eigenvalue weighted by molar-refractivity contribution is 6.04. The molecule has 0 radical (unpaired) electrons. The van der Waals surface area contributed by atoms with Crippen LogP contribution in [0.15, 0.2) is 42.5 Å². The molecule has 1 aliphatic heterocycles. The molecule has 1 heterocycles. The molecule has 1 N–H and O–H groups in total. The monoisotopic (exact) mass is 380 g/mol. The standard InChI is InChI=1S/C23H28N2O3/c1-3-4-15-28-20-11-8-18(9-12-20)23(27)24-19-10-13-21(17(2)16-19)25-14-6-5-7-22(25)26/h8-13,16H,3-7,14-15H2,1-2H3,(H,24,27). The zero-order valence-electron chi connectivity index (χ0n) is 16.7. The van der Waals surface area contributed by atoms with Crippen LogP contribution >= 0.6 is 0 Å². The molecule has 5 heteroatoms. The van der Waals surface area contributed by atoms with Gasteiger partial charge in [-0.3, -0.25) is 9.59 Å². The summed E-state index contributed by atoms with van der Waals surface area (Å²) in [6, 6.07) is 12.9. The van der Waals surface area contributed by atoms with Gasteiger partial charge in [-0.1, -0.05) is 13.3 Å². The van der Waals surface area contributed by atoms with Gasteiger partial charge in [0.1, 0.15) is 5.75 Å². The van der Waals surface area contributed by atoms with Crippen LogP contribution in [0.4, 0.5) is 11.4 Å². The van der Waals surface area contributed by atoms with E-state index >= 15 is 0 Å². The molecule has 0 aliphatic carbocycles. The van der Waals surface area contributed by atoms with E-state index in [-0.39, 0.29) is 11.8 Å². The molecule has 148 valence electrons. The van der Waals surface area contributed by atoms with Crippen LogP contribution in [0, 0.1) is 6.92 Å². The van der Waals surface area contributed by atoms with Gasteiger partial charge in [0, 0.05) is 29.9 Å². The number of benzene rings is 2. The van der Waals surface area contributed by atoms with Crippen molar-refractivity contribution in [2.24, 2.45) is 0 Å². The highest BCUT2D eigenvalue weighted by atomic mass is 16.5. The summed E-state index contributed by atoms with van der Waals surface area (Å²) in [7, 11) is 0. The fourth-order valence-corrected chi connectivity index (χ4v) is 3.34. The van der Waals surface area contributed by atoms with Crippen molar-refractivity contribution in [2.45, 2.75) is 46.0 Å². The van der Waals surface area contributed by atoms with Crippen molar-refractivity contribution < 1.29 is 14.3 Å². The second-order valence-corrected chi connectivity index (χ2v) is 7.18. The van der Waals surface area contributed by atoms with Gasteiger partial charge in [-0.25, -0.2) is 0 Å². The predicted molar refractivity (Wildman–Crippen MR) is 112 cm³/mol. The number of amides is 2. The van der Waals surface area contributed by atoms with Crippen molar-refractivity contribution in [2.75, 3.05) is 23.4 Å². The predicted octanol–water partition coefficient (Wildman–Crippen LogP) is 4.94. The lowest BCUT2D eigenvalue weighted by Crippen LogP contribution is -2.35. The normalized spacial score (nSPS) is 14.1. The number of anilines is 2. The molecule has 0 unspecified atom stereocenters. The second kappa shape index (κ2) is 9.40. The fourth-order valence-electron chi connectivity index (χ4n) is 3.34. The Bertz CT molecular complexity index is 830. The van der Waals surface area contributed by atoms with Crippen LogP contribution < -0.4 is 15.0 Å². The molecule has 0 bridgehead atoms. The molecule has 0 aromatic heterocycles. The molecule has 1 aliphatic rings. The van der Waals surface area contributed by atoms with Crippen molar-refractivity contribution in [3.63, 3.8) is 0 Å². The molecule has 1 saturated heterocycles. The maximum atomic E-state index is 12.5. The molecule has 5 nitrogen and oxygen atoms in total. The third kappa shape index (κ3) is 4.91. The number of hydrogen-bond acceptors (Lipinski definition) is 3. The van der Waals surface area contributed by atoms with Gasteiger partial charge in [0.2, 0.25) is 5.91 Å². The number of hydrogen-bond donors (Lipinski definition) is 1. The Morgan fingerprint density at radius 3 is 2.61 bits per heavy atom. The van der Waals surface area contributed by atoms with Crippen molar-refractivity contribution in [3.8, 4) is 5.75 Å². The minimum atomic E-state index is -0.165. The molecule has 0 spiro atoms. The van der Waals surface area contributed by atoms with Crippen LogP contribution in [0.25, 0.3) is 0 Å². The van der Waals surface area contributed by atoms with E-state index < -0.39 is 0 Å². The first-order valence-electron chi connectivity index (χ1n) is 10.0. The Hall–Kier alpha value is -2.82. The Morgan fingerprint density at radius 2 is 1.93 bits per heavy atom. The quantitative estimate of drug-likeness (QED) is 0.692. The summed E-state index contributed by atoms with van der Waals surface area (Å²) in [4.78, 5) is 26.5. The van der Waals surface area contributed by atoms with Crippen LogP contribution in [-0.4, -0.2) is 25.0 Å². The SMILES string of the molecule is CCCCOc1ccc(C(=O)Nc2ccc(N3CCCCC3=O)c(C)c2)cc1. The number of unbranched alkanes of at least 4 members (excludes halogenated alkanes) is 1. The number of carbonyl (C=O) groups is 2. The third-order valence-electron chi connectivity index (χ3n) is 4.95. The summed E-state index contributed by atoms with van der Waals surface area (Å²) in [5, 5.41) is 2.93. The highest BCUT2D eigenvalue weighted by Gasteiger charge is 2.21. The summed E-state index contributed by atoms with van der Waals surface area (Å²) in [6.45, 7) is 5.54. The van der Waals surface area contributed by atoms with E-state index in [0.717, 1.165) is 54.9 Å². The Balaban J connectivity index is 1.64. The van der Waals surface area contributed by atoms with Crippen LogP contribution in [0.1, 0.15) is 54.9 Å². The molecule has 0 atom stereocenters. The second-order valence-electron chi connectivity index (χ2n) is 7.18. The molecule has 2 aromatic rings. The van der Waals surface area contributed by atoms with Gasteiger partial charge < -0.3 is 15.0 Å². The van der Waals surface area contributed by atoms with Gasteiger partial charge in [-0.05, 0) is 74.2 Å². The van der Waals surface area contributed by atoms with Gasteiger partial charge in [-0.2, -0.15) is 0 Å². The van der Waals surface area contributed by atoms with Gasteiger partial charge in [0.25, 0.3) is 5.91 Å². The lowest BCUT2D eigenvalue weighted by molar-refractivity contribution is -0.119. The average molecular weight is 380 g/mol. The molecule has 1 fully saturated rings. The number of carbonyl (C=O) groups excluding carboxylic acids is 2. The summed E-state index contributed by atoms with van der Waals surface area (Å²) in [5.41, 5.74) is 3.21. The van der Waals surface area contributed by atoms with Crippen molar-refractivity contribution in [3.05, 3.63) is 53.6 Å². The number of nitrogens with zero attached hydrogens (tertiary/aromatic N) is 1. The number of aryl methyl sites for hydroxylation is 1. The average Bonchev–Trinajstić information content (AvgIpc) is 2.70. The molecular formula is C23H28N2O3. The Kier molecular flexibility index (Phi) is 6.69. The van der Waals surface area contributed by atoms with E-state index in [9.17, 15) is 9.59 Å². The minimum absolute atomic E-state index is 0.165. The molecule has 3 rings (SSSR count). The molecule has 2 amide bonds. The van der Waals surface area contributed by atoms with Crippen molar-refractivity contribution >= 4 is 23.2 Å². The number of piperidine rings is 1. The first kappa shape index (κ1) is 19.9. The van der Waals surface area contributed by atoms with Crippen LogP contribution in [0.3, 0.4) is 0 Å². The largest absolute Gasteiger partial charge is 0.494 e. The third-order valence-corrected chi connectivity index (χ3v) is 4.95. The zero-order chi connectivity index (χ0) is 19.9. The van der Waals surface area contributed by atoms with Crippen molar-refractivity contribution in [1.82, 2.24) is 0 Å². The van der Waals surface area contributed by atoms with Crippen LogP contribution in [-0.2, 0) is 4.79 Å². The topological polar surface area (TPSA) is 58.6 Å². The van der Waals surface area contributed by atoms with Crippen molar-refractivity contribution in [1.29, 1.82) is 0 Å². The smallest absolute Gasteiger partial charge is 0.255 e.